The van der Waals surface area contributed by atoms with E-state index in [1.165, 1.54) is 6.07 Å². The third-order valence-electron chi connectivity index (χ3n) is 5.12. The molecule has 1 aromatic heterocycles. The van der Waals surface area contributed by atoms with Crippen molar-refractivity contribution in [3.8, 4) is 28.6 Å². The minimum Gasteiger partial charge on any atom is -0.454 e. The van der Waals surface area contributed by atoms with Crippen LogP contribution in [-0.4, -0.2) is 29.7 Å². The third-order valence-corrected chi connectivity index (χ3v) is 6.31. The first-order valence-electron chi connectivity index (χ1n) is 10.8. The Bertz CT molecular complexity index is 1430. The molecule has 8 nitrogen and oxygen atoms in total. The van der Waals surface area contributed by atoms with E-state index in [0.29, 0.717) is 34.1 Å². The van der Waals surface area contributed by atoms with Gasteiger partial charge in [-0.25, -0.2) is 13.6 Å². The molecule has 4 rings (SSSR count). The molecular formula is C24H25N5O3S2. The highest BCUT2D eigenvalue weighted by atomic mass is 32.2. The van der Waals surface area contributed by atoms with Crippen molar-refractivity contribution in [2.24, 2.45) is 5.14 Å². The molecule has 0 bridgehead atoms. The minimum absolute atomic E-state index is 0.133. The zero-order chi connectivity index (χ0) is 24.1. The second-order valence-corrected chi connectivity index (χ2v) is 9.53. The number of para-hydroxylation sites is 2. The van der Waals surface area contributed by atoms with Gasteiger partial charge in [-0.1, -0.05) is 49.7 Å². The molecule has 4 aromatic rings. The Labute approximate surface area is 203 Å². The van der Waals surface area contributed by atoms with Crippen LogP contribution < -0.4 is 15.2 Å². The van der Waals surface area contributed by atoms with Crippen LogP contribution in [0.5, 0.6) is 11.5 Å². The van der Waals surface area contributed by atoms with Crippen molar-refractivity contribution in [1.82, 2.24) is 14.8 Å². The fourth-order valence-corrected chi connectivity index (χ4v) is 4.43. The van der Waals surface area contributed by atoms with E-state index >= 15 is 0 Å². The zero-order valence-electron chi connectivity index (χ0n) is 18.6. The summed E-state index contributed by atoms with van der Waals surface area (Å²) in [5.41, 5.74) is 1.80. The van der Waals surface area contributed by atoms with Crippen molar-refractivity contribution < 1.29 is 13.2 Å². The van der Waals surface area contributed by atoms with Crippen LogP contribution in [0.2, 0.25) is 0 Å². The number of primary sulfonamides is 1. The molecule has 0 unspecified atom stereocenters. The quantitative estimate of drug-likeness (QED) is 0.216. The van der Waals surface area contributed by atoms with Gasteiger partial charge >= 0.3 is 0 Å². The number of aromatic amines is 1. The summed E-state index contributed by atoms with van der Waals surface area (Å²) in [4.78, 5) is -0.151. The van der Waals surface area contributed by atoms with Crippen LogP contribution in [0, 0.1) is 4.77 Å². The van der Waals surface area contributed by atoms with Gasteiger partial charge in [-0.05, 0) is 55.0 Å². The lowest BCUT2D eigenvalue weighted by molar-refractivity contribution is 0.469. The number of rotatable bonds is 9. The maximum absolute atomic E-state index is 12.7. The van der Waals surface area contributed by atoms with Crippen LogP contribution in [-0.2, 0) is 10.0 Å². The topological polar surface area (TPSA) is 115 Å². The van der Waals surface area contributed by atoms with Crippen molar-refractivity contribution in [2.45, 2.75) is 24.7 Å². The van der Waals surface area contributed by atoms with Gasteiger partial charge in [0.05, 0.1) is 5.69 Å². The molecule has 0 spiro atoms. The summed E-state index contributed by atoms with van der Waals surface area (Å²) in [7, 11) is -4.15. The lowest BCUT2D eigenvalue weighted by Gasteiger charge is -2.18. The fraction of sp³-hybridized carbons (Fsp3) is 0.167. The number of benzene rings is 3. The largest absolute Gasteiger partial charge is 0.454 e. The lowest BCUT2D eigenvalue weighted by Crippen LogP contribution is -2.15. The van der Waals surface area contributed by atoms with Crippen molar-refractivity contribution in [2.75, 3.05) is 11.9 Å². The van der Waals surface area contributed by atoms with E-state index in [2.05, 4.69) is 22.4 Å². The number of nitrogens with two attached hydrogens (primary N) is 1. The van der Waals surface area contributed by atoms with E-state index in [1.54, 1.807) is 22.8 Å². The summed E-state index contributed by atoms with van der Waals surface area (Å²) in [5, 5.41) is 16.1. The number of hydrogen-bond acceptors (Lipinski definition) is 6. The molecule has 0 saturated heterocycles. The monoisotopic (exact) mass is 495 g/mol. The van der Waals surface area contributed by atoms with Crippen LogP contribution in [0.3, 0.4) is 0 Å². The van der Waals surface area contributed by atoms with Gasteiger partial charge in [0.15, 0.2) is 16.3 Å². The van der Waals surface area contributed by atoms with Crippen molar-refractivity contribution in [1.29, 1.82) is 0 Å². The van der Waals surface area contributed by atoms with Gasteiger partial charge in [-0.15, -0.1) is 0 Å². The summed E-state index contributed by atoms with van der Waals surface area (Å²) < 4.78 is 33.5. The molecule has 0 fully saturated rings. The Balaban J connectivity index is 1.92. The second-order valence-electron chi connectivity index (χ2n) is 7.61. The van der Waals surface area contributed by atoms with Gasteiger partial charge in [-0.2, -0.15) is 5.10 Å². The maximum Gasteiger partial charge on any atom is 0.241 e. The van der Waals surface area contributed by atoms with Crippen LogP contribution in [0.25, 0.3) is 17.1 Å². The predicted molar refractivity (Wildman–Crippen MR) is 135 cm³/mol. The Morgan fingerprint density at radius 1 is 1.09 bits per heavy atom. The van der Waals surface area contributed by atoms with E-state index < -0.39 is 10.0 Å². The summed E-state index contributed by atoms with van der Waals surface area (Å²) in [6, 6.07) is 21.7. The van der Waals surface area contributed by atoms with Gasteiger partial charge in [0.1, 0.15) is 10.6 Å². The molecular weight excluding hydrogens is 470 g/mol. The van der Waals surface area contributed by atoms with Gasteiger partial charge in [0.25, 0.3) is 0 Å². The third kappa shape index (κ3) is 5.19. The van der Waals surface area contributed by atoms with Gasteiger partial charge in [0.2, 0.25) is 10.0 Å². The molecule has 0 aliphatic rings. The van der Waals surface area contributed by atoms with E-state index in [-0.39, 0.29) is 10.6 Å². The van der Waals surface area contributed by atoms with Crippen LogP contribution in [0.1, 0.15) is 19.8 Å². The maximum atomic E-state index is 12.7. The summed E-state index contributed by atoms with van der Waals surface area (Å²) >= 11 is 5.45. The minimum atomic E-state index is -4.15. The van der Waals surface area contributed by atoms with Gasteiger partial charge < -0.3 is 10.1 Å². The van der Waals surface area contributed by atoms with Gasteiger partial charge in [-0.3, -0.25) is 9.67 Å². The summed E-state index contributed by atoms with van der Waals surface area (Å²) in [6.07, 6.45) is 1.86. The lowest BCUT2D eigenvalue weighted by atomic mass is 10.1. The summed E-state index contributed by atoms with van der Waals surface area (Å²) in [5.74, 6) is 1.07. The number of unbranched alkanes of at least 4 members (excludes halogenated alkanes) is 1. The highest BCUT2D eigenvalue weighted by molar-refractivity contribution is 7.89. The van der Waals surface area contributed by atoms with E-state index in [4.69, 9.17) is 22.1 Å². The highest BCUT2D eigenvalue weighted by Gasteiger charge is 2.24. The Morgan fingerprint density at radius 2 is 1.76 bits per heavy atom. The number of nitrogens with zero attached hydrogens (tertiary/aromatic N) is 2. The number of hydrogen-bond donors (Lipinski definition) is 3. The number of ether oxygens (including phenoxy) is 1. The highest BCUT2D eigenvalue weighted by Crippen LogP contribution is 2.39. The SMILES string of the molecule is CCCCNc1cc(-c2n[nH]c(=S)n2-c2ccccc2)cc(S(N)(=O)=O)c1Oc1ccccc1. The van der Waals surface area contributed by atoms with Crippen LogP contribution in [0.15, 0.2) is 77.7 Å². The zero-order valence-corrected chi connectivity index (χ0v) is 20.2. The van der Waals surface area contributed by atoms with E-state index in [0.717, 1.165) is 18.5 Å². The van der Waals surface area contributed by atoms with E-state index in [9.17, 15) is 8.42 Å². The van der Waals surface area contributed by atoms with Gasteiger partial charge in [0, 0.05) is 17.8 Å². The van der Waals surface area contributed by atoms with Crippen LogP contribution >= 0.6 is 12.2 Å². The van der Waals surface area contributed by atoms with Crippen molar-refractivity contribution >= 4 is 27.9 Å². The molecule has 3 aromatic carbocycles. The molecule has 0 amide bonds. The Kier molecular flexibility index (Phi) is 7.11. The molecule has 4 N–H and O–H groups in total. The number of sulfonamides is 1. The molecule has 10 heteroatoms. The van der Waals surface area contributed by atoms with E-state index in [1.807, 2.05) is 48.5 Å². The molecule has 1 heterocycles. The van der Waals surface area contributed by atoms with Crippen molar-refractivity contribution in [3.63, 3.8) is 0 Å². The van der Waals surface area contributed by atoms with Crippen LogP contribution in [0.4, 0.5) is 5.69 Å². The number of nitrogens with one attached hydrogen (secondary N) is 2. The standard InChI is InChI=1S/C24H25N5O3S2/c1-2-3-14-26-20-15-17(23-27-28-24(33)29(23)18-10-6-4-7-11-18)16-21(34(25,30)31)22(20)32-19-12-8-5-9-13-19/h4-13,15-16,26H,2-3,14H2,1H3,(H,28,33)(H2,25,30,31). The molecule has 34 heavy (non-hydrogen) atoms. The summed E-state index contributed by atoms with van der Waals surface area (Å²) in [6.45, 7) is 2.70. The smallest absolute Gasteiger partial charge is 0.241 e. The predicted octanol–water partition coefficient (Wildman–Crippen LogP) is 5.25. The first kappa shape index (κ1) is 23.7. The number of H-pyrrole nitrogens is 1. The fourth-order valence-electron chi connectivity index (χ4n) is 3.49. The second kappa shape index (κ2) is 10.2. The molecule has 0 radical (unpaired) electrons. The number of anilines is 1. The molecule has 176 valence electrons. The normalized spacial score (nSPS) is 11.4. The molecule has 0 saturated carbocycles. The Hall–Kier alpha value is -3.47. The first-order valence-corrected chi connectivity index (χ1v) is 12.7. The molecule has 0 aliphatic carbocycles. The van der Waals surface area contributed by atoms with Crippen molar-refractivity contribution in [3.05, 3.63) is 77.6 Å². The average Bonchev–Trinajstić information content (AvgIpc) is 3.22. The number of aromatic nitrogens is 3. The average molecular weight is 496 g/mol. The first-order chi connectivity index (χ1) is 16.4. The molecule has 0 aliphatic heterocycles. The molecule has 0 atom stereocenters. The Morgan fingerprint density at radius 3 is 2.41 bits per heavy atom.